The second-order valence-corrected chi connectivity index (χ2v) is 5.44. The molecule has 0 bridgehead atoms. The molecule has 0 saturated heterocycles. The molecule has 4 atom stereocenters. The highest BCUT2D eigenvalue weighted by molar-refractivity contribution is 7.98. The molecule has 3 rings (SSSR count). The number of anilines is 1. The first-order valence-corrected chi connectivity index (χ1v) is 6.81. The Morgan fingerprint density at radius 2 is 2.06 bits per heavy atom. The van der Waals surface area contributed by atoms with Crippen molar-refractivity contribution in [3.8, 4) is 0 Å². The predicted octanol–water partition coefficient (Wildman–Crippen LogP) is 1.38. The first-order valence-electron chi connectivity index (χ1n) is 5.58. The van der Waals surface area contributed by atoms with Crippen LogP contribution in [0.15, 0.2) is 17.3 Å². The molecule has 1 aromatic heterocycles. The Bertz CT molecular complexity index is 383. The molecule has 86 valence electrons. The molecule has 2 saturated carbocycles. The highest BCUT2D eigenvalue weighted by atomic mass is 32.2. The first kappa shape index (κ1) is 10.4. The van der Waals surface area contributed by atoms with Crippen LogP contribution in [0.2, 0.25) is 0 Å². The van der Waals surface area contributed by atoms with Crippen LogP contribution in [0.25, 0.3) is 0 Å². The summed E-state index contributed by atoms with van der Waals surface area (Å²) in [7, 11) is 0. The smallest absolute Gasteiger partial charge is 0.222 e. The molecular weight excluding hydrogens is 222 g/mol. The number of fused-ring (bicyclic) bond motifs is 1. The van der Waals surface area contributed by atoms with Crippen molar-refractivity contribution < 1.29 is 5.11 Å². The van der Waals surface area contributed by atoms with E-state index in [0.29, 0.717) is 23.8 Å². The van der Waals surface area contributed by atoms with E-state index in [0.717, 1.165) is 17.7 Å². The summed E-state index contributed by atoms with van der Waals surface area (Å²) in [5.74, 6) is 1.85. The molecule has 16 heavy (non-hydrogen) atoms. The van der Waals surface area contributed by atoms with Gasteiger partial charge in [-0.2, -0.15) is 0 Å². The summed E-state index contributed by atoms with van der Waals surface area (Å²) in [4.78, 5) is 9.60. The van der Waals surface area contributed by atoms with Gasteiger partial charge in [0, 0.05) is 23.3 Å². The van der Waals surface area contributed by atoms with E-state index in [2.05, 4.69) is 15.3 Å². The van der Waals surface area contributed by atoms with Crippen LogP contribution in [0.5, 0.6) is 0 Å². The normalized spacial score (nSPS) is 35.9. The number of rotatable bonds is 3. The number of aliphatic hydroxyl groups excluding tert-OH is 1. The van der Waals surface area contributed by atoms with Gasteiger partial charge in [-0.25, -0.2) is 9.97 Å². The molecule has 0 radical (unpaired) electrons. The standard InChI is InChI=1S/C11H15N3OS/c1-16-6-4-12-11(13-5-6)14-9-3-10(15)8-2-7(8)9/h4-5,7-10,15H,2-3H2,1H3,(H,12,13,14)/t7-,8-,9+,10-/m0/s1. The molecule has 5 heteroatoms. The second-order valence-electron chi connectivity index (χ2n) is 4.56. The van der Waals surface area contributed by atoms with Gasteiger partial charge in [0.15, 0.2) is 0 Å². The Balaban J connectivity index is 1.65. The zero-order chi connectivity index (χ0) is 11.1. The molecule has 2 fully saturated rings. The predicted molar refractivity (Wildman–Crippen MR) is 63.4 cm³/mol. The van der Waals surface area contributed by atoms with Gasteiger partial charge in [-0.3, -0.25) is 0 Å². The minimum absolute atomic E-state index is 0.118. The average molecular weight is 237 g/mol. The highest BCUT2D eigenvalue weighted by Crippen LogP contribution is 2.52. The summed E-state index contributed by atoms with van der Waals surface area (Å²) in [5, 5.41) is 13.0. The van der Waals surface area contributed by atoms with E-state index < -0.39 is 0 Å². The third-order valence-electron chi connectivity index (χ3n) is 3.58. The molecule has 2 aliphatic rings. The molecule has 0 amide bonds. The Morgan fingerprint density at radius 1 is 1.31 bits per heavy atom. The Kier molecular flexibility index (Phi) is 2.52. The van der Waals surface area contributed by atoms with E-state index in [9.17, 15) is 5.11 Å². The maximum absolute atomic E-state index is 9.69. The van der Waals surface area contributed by atoms with E-state index >= 15 is 0 Å². The Hall–Kier alpha value is -0.810. The lowest BCUT2D eigenvalue weighted by atomic mass is 10.1. The molecule has 0 aliphatic heterocycles. The monoisotopic (exact) mass is 237 g/mol. The number of hydrogen-bond donors (Lipinski definition) is 2. The van der Waals surface area contributed by atoms with Crippen molar-refractivity contribution in [2.24, 2.45) is 11.8 Å². The highest BCUT2D eigenvalue weighted by Gasteiger charge is 2.53. The van der Waals surface area contributed by atoms with Gasteiger partial charge in [0.05, 0.1) is 6.10 Å². The van der Waals surface area contributed by atoms with Crippen molar-refractivity contribution in [3.05, 3.63) is 12.4 Å². The van der Waals surface area contributed by atoms with E-state index in [1.165, 1.54) is 0 Å². The van der Waals surface area contributed by atoms with E-state index in [4.69, 9.17) is 0 Å². The van der Waals surface area contributed by atoms with Crippen LogP contribution in [0.3, 0.4) is 0 Å². The minimum Gasteiger partial charge on any atom is -0.393 e. The van der Waals surface area contributed by atoms with Crippen molar-refractivity contribution in [1.29, 1.82) is 0 Å². The maximum Gasteiger partial charge on any atom is 0.222 e. The van der Waals surface area contributed by atoms with Crippen molar-refractivity contribution in [2.45, 2.75) is 29.9 Å². The molecule has 4 nitrogen and oxygen atoms in total. The molecule has 1 aromatic rings. The maximum atomic E-state index is 9.69. The van der Waals surface area contributed by atoms with E-state index in [-0.39, 0.29) is 6.10 Å². The van der Waals surface area contributed by atoms with E-state index in [1.54, 1.807) is 11.8 Å². The fourth-order valence-corrected chi connectivity index (χ4v) is 2.89. The van der Waals surface area contributed by atoms with Crippen LogP contribution < -0.4 is 5.32 Å². The lowest BCUT2D eigenvalue weighted by molar-refractivity contribution is 0.158. The van der Waals surface area contributed by atoms with Gasteiger partial charge in [0.1, 0.15) is 0 Å². The SMILES string of the molecule is CSc1cnc(N[C@@H]2C[C@H](O)[C@H]3C[C@@H]32)nc1. The van der Waals surface area contributed by atoms with Crippen molar-refractivity contribution in [1.82, 2.24) is 9.97 Å². The van der Waals surface area contributed by atoms with Gasteiger partial charge in [0.25, 0.3) is 0 Å². The van der Waals surface area contributed by atoms with Crippen LogP contribution in [0.1, 0.15) is 12.8 Å². The van der Waals surface area contributed by atoms with E-state index in [1.807, 2.05) is 18.6 Å². The summed E-state index contributed by atoms with van der Waals surface area (Å²) in [6.45, 7) is 0. The van der Waals surface area contributed by atoms with Gasteiger partial charge in [-0.15, -0.1) is 11.8 Å². The van der Waals surface area contributed by atoms with Crippen LogP contribution in [0.4, 0.5) is 5.95 Å². The largest absolute Gasteiger partial charge is 0.393 e. The minimum atomic E-state index is -0.118. The number of aliphatic hydroxyl groups is 1. The van der Waals surface area contributed by atoms with Crippen LogP contribution in [-0.4, -0.2) is 33.5 Å². The zero-order valence-corrected chi connectivity index (χ0v) is 9.94. The molecule has 0 unspecified atom stereocenters. The summed E-state index contributed by atoms with van der Waals surface area (Å²) in [5.41, 5.74) is 0. The lowest BCUT2D eigenvalue weighted by Gasteiger charge is -2.14. The van der Waals surface area contributed by atoms with Crippen LogP contribution in [-0.2, 0) is 0 Å². The molecule has 0 spiro atoms. The third kappa shape index (κ3) is 1.78. The summed E-state index contributed by atoms with van der Waals surface area (Å²) in [6.07, 6.45) is 7.54. The Morgan fingerprint density at radius 3 is 2.56 bits per heavy atom. The van der Waals surface area contributed by atoms with Crippen molar-refractivity contribution in [2.75, 3.05) is 11.6 Å². The van der Waals surface area contributed by atoms with Gasteiger partial charge in [-0.05, 0) is 30.9 Å². The summed E-state index contributed by atoms with van der Waals surface area (Å²) in [6, 6.07) is 0.361. The van der Waals surface area contributed by atoms with Gasteiger partial charge in [0.2, 0.25) is 5.95 Å². The molecule has 1 heterocycles. The van der Waals surface area contributed by atoms with Gasteiger partial charge < -0.3 is 10.4 Å². The van der Waals surface area contributed by atoms with Gasteiger partial charge in [-0.1, -0.05) is 0 Å². The number of aromatic nitrogens is 2. The average Bonchev–Trinajstić information content (AvgIpc) is 3.04. The van der Waals surface area contributed by atoms with Crippen molar-refractivity contribution >= 4 is 17.7 Å². The molecule has 2 aliphatic carbocycles. The number of hydrogen-bond acceptors (Lipinski definition) is 5. The van der Waals surface area contributed by atoms with Crippen LogP contribution >= 0.6 is 11.8 Å². The first-order chi connectivity index (χ1) is 7.78. The summed E-state index contributed by atoms with van der Waals surface area (Å²) >= 11 is 1.64. The second kappa shape index (κ2) is 3.89. The molecule has 0 aromatic carbocycles. The Labute approximate surface area is 98.9 Å². The number of nitrogens with one attached hydrogen (secondary N) is 1. The number of nitrogens with zero attached hydrogens (tertiary/aromatic N) is 2. The molecular formula is C11H15N3OS. The lowest BCUT2D eigenvalue weighted by Crippen LogP contribution is -2.22. The quantitative estimate of drug-likeness (QED) is 0.778. The molecule has 2 N–H and O–H groups in total. The summed E-state index contributed by atoms with van der Waals surface area (Å²) < 4.78 is 0. The fraction of sp³-hybridized carbons (Fsp3) is 0.636. The van der Waals surface area contributed by atoms with Gasteiger partial charge >= 0.3 is 0 Å². The fourth-order valence-electron chi connectivity index (χ4n) is 2.58. The topological polar surface area (TPSA) is 58.0 Å². The zero-order valence-electron chi connectivity index (χ0n) is 9.13. The number of thioether (sulfide) groups is 1. The van der Waals surface area contributed by atoms with Crippen LogP contribution in [0, 0.1) is 11.8 Å². The van der Waals surface area contributed by atoms with Crippen molar-refractivity contribution in [3.63, 3.8) is 0 Å². The third-order valence-corrected chi connectivity index (χ3v) is 4.26.